The molecule has 0 radical (unpaired) electrons. The van der Waals surface area contributed by atoms with Gasteiger partial charge in [-0.1, -0.05) is 25.1 Å². The van der Waals surface area contributed by atoms with E-state index in [2.05, 4.69) is 15.4 Å². The molecule has 36 heavy (non-hydrogen) atoms. The average molecular weight is 512 g/mol. The van der Waals surface area contributed by atoms with Crippen LogP contribution in [0.5, 0.6) is 0 Å². The number of hydrogen-bond donors (Lipinski definition) is 2. The summed E-state index contributed by atoms with van der Waals surface area (Å²) in [4.78, 5) is 29.3. The van der Waals surface area contributed by atoms with Crippen LogP contribution in [0.25, 0.3) is 10.9 Å². The molecule has 192 valence electrons. The lowest BCUT2D eigenvalue weighted by Crippen LogP contribution is -2.25. The molecule has 1 aromatic carbocycles. The first kappa shape index (κ1) is 25.8. The monoisotopic (exact) mass is 511 g/mol. The number of benzene rings is 1. The molecule has 1 aliphatic carbocycles. The molecule has 1 aliphatic rings. The molecule has 3 aromatic rings. The summed E-state index contributed by atoms with van der Waals surface area (Å²) in [5, 5.41) is 8.28. The van der Waals surface area contributed by atoms with Gasteiger partial charge in [-0.05, 0) is 63.5 Å². The Kier molecular flexibility index (Phi) is 7.44. The Morgan fingerprint density at radius 2 is 1.78 bits per heavy atom. The Morgan fingerprint density at radius 3 is 2.44 bits per heavy atom. The van der Waals surface area contributed by atoms with E-state index in [0.29, 0.717) is 33.8 Å². The van der Waals surface area contributed by atoms with Crippen LogP contribution < -0.4 is 11.1 Å². The number of para-hydroxylation sites is 1. The summed E-state index contributed by atoms with van der Waals surface area (Å²) in [5.41, 5.74) is 8.51. The zero-order valence-corrected chi connectivity index (χ0v) is 21.8. The fourth-order valence-electron chi connectivity index (χ4n) is 5.03. The zero-order valence-electron chi connectivity index (χ0n) is 21.0. The average Bonchev–Trinajstić information content (AvgIpc) is 3.11. The van der Waals surface area contributed by atoms with Crippen LogP contribution >= 0.6 is 0 Å². The molecule has 1 saturated carbocycles. The van der Waals surface area contributed by atoms with Gasteiger partial charge in [-0.2, -0.15) is 5.10 Å². The lowest BCUT2D eigenvalue weighted by atomic mass is 9.83. The minimum absolute atomic E-state index is 0.0327. The van der Waals surface area contributed by atoms with Gasteiger partial charge in [0.15, 0.2) is 0 Å². The first-order valence-corrected chi connectivity index (χ1v) is 14.2. The summed E-state index contributed by atoms with van der Waals surface area (Å²) in [7, 11) is -2.95. The highest BCUT2D eigenvalue weighted by atomic mass is 32.2. The second-order valence-electron chi connectivity index (χ2n) is 9.70. The van der Waals surface area contributed by atoms with E-state index in [9.17, 15) is 18.0 Å². The molecule has 4 rings (SSSR count). The molecule has 9 nitrogen and oxygen atoms in total. The van der Waals surface area contributed by atoms with Crippen molar-refractivity contribution in [2.24, 2.45) is 17.6 Å². The number of amides is 2. The smallest absolute Gasteiger partial charge is 0.267 e. The predicted molar refractivity (Wildman–Crippen MR) is 140 cm³/mol. The van der Waals surface area contributed by atoms with E-state index in [0.717, 1.165) is 37.9 Å². The second-order valence-corrected chi connectivity index (χ2v) is 12.1. The van der Waals surface area contributed by atoms with Gasteiger partial charge in [0, 0.05) is 17.7 Å². The van der Waals surface area contributed by atoms with E-state index < -0.39 is 15.7 Å². The summed E-state index contributed by atoms with van der Waals surface area (Å²) in [6.07, 6.45) is 3.74. The van der Waals surface area contributed by atoms with Crippen molar-refractivity contribution in [3.63, 3.8) is 0 Å². The molecule has 0 saturated heterocycles. The van der Waals surface area contributed by atoms with E-state index in [1.54, 1.807) is 25.1 Å². The molecule has 2 aromatic heterocycles. The number of sulfone groups is 1. The van der Waals surface area contributed by atoms with Crippen molar-refractivity contribution < 1.29 is 18.0 Å². The Hall–Kier alpha value is -3.27. The highest BCUT2D eigenvalue weighted by molar-refractivity contribution is 7.91. The van der Waals surface area contributed by atoms with Crippen LogP contribution in [-0.2, 0) is 16.4 Å². The summed E-state index contributed by atoms with van der Waals surface area (Å²) in [5.74, 6) is 0.0765. The van der Waals surface area contributed by atoms with Crippen LogP contribution in [0.1, 0.15) is 64.8 Å². The third-order valence-electron chi connectivity index (χ3n) is 7.16. The van der Waals surface area contributed by atoms with Crippen molar-refractivity contribution in [1.82, 2.24) is 14.8 Å². The number of primary amides is 1. The van der Waals surface area contributed by atoms with Gasteiger partial charge in [-0.25, -0.2) is 13.4 Å². The first-order chi connectivity index (χ1) is 17.1. The first-order valence-electron chi connectivity index (χ1n) is 12.3. The number of nitrogens with one attached hydrogen (secondary N) is 1. The van der Waals surface area contributed by atoms with Crippen LogP contribution in [0.15, 0.2) is 30.3 Å². The number of nitrogens with two attached hydrogens (primary N) is 1. The van der Waals surface area contributed by atoms with Crippen molar-refractivity contribution in [1.29, 1.82) is 0 Å². The van der Waals surface area contributed by atoms with Gasteiger partial charge >= 0.3 is 0 Å². The van der Waals surface area contributed by atoms with Gasteiger partial charge in [0.05, 0.1) is 33.9 Å². The van der Waals surface area contributed by atoms with Crippen LogP contribution in [0.3, 0.4) is 0 Å². The molecular formula is C26H33N5O4S. The molecular weight excluding hydrogens is 478 g/mol. The molecule has 10 heteroatoms. The summed E-state index contributed by atoms with van der Waals surface area (Å²) < 4.78 is 25.9. The summed E-state index contributed by atoms with van der Waals surface area (Å²) in [6, 6.07) is 8.54. The van der Waals surface area contributed by atoms with Gasteiger partial charge in [-0.15, -0.1) is 0 Å². The zero-order chi connectivity index (χ0) is 26.0. The molecule has 3 N–H and O–H groups in total. The van der Waals surface area contributed by atoms with Gasteiger partial charge in [0.2, 0.25) is 0 Å². The number of rotatable bonds is 8. The number of hydrogen-bond acceptors (Lipinski definition) is 6. The lowest BCUT2D eigenvalue weighted by molar-refractivity contribution is 0.0996. The van der Waals surface area contributed by atoms with E-state index in [4.69, 9.17) is 5.73 Å². The standard InChI is InChI=1S/C26H33N5O4S/c1-4-36(34,35)15-19-11-9-18(10-12-19)14-31-17(3)24(16(2)30-31)29-26(33)21-13-23(25(27)32)28-22-8-6-5-7-20(21)22/h5-8,13,18-19H,4,9-12,14-15H2,1-3H3,(H2,27,32)(H,29,33). The van der Waals surface area contributed by atoms with Gasteiger partial charge < -0.3 is 11.1 Å². The molecule has 0 unspecified atom stereocenters. The number of fused-ring (bicyclic) bond motifs is 1. The fraction of sp³-hybridized carbons (Fsp3) is 0.462. The van der Waals surface area contributed by atoms with Gasteiger partial charge in [-0.3, -0.25) is 14.3 Å². The molecule has 0 aliphatic heterocycles. The maximum Gasteiger partial charge on any atom is 0.267 e. The number of aryl methyl sites for hydroxylation is 1. The lowest BCUT2D eigenvalue weighted by Gasteiger charge is -2.28. The van der Waals surface area contributed by atoms with Crippen LogP contribution in [0.4, 0.5) is 5.69 Å². The van der Waals surface area contributed by atoms with Gasteiger partial charge in [0.25, 0.3) is 11.8 Å². The molecule has 1 fully saturated rings. The van der Waals surface area contributed by atoms with Crippen molar-refractivity contribution in [3.8, 4) is 0 Å². The molecule has 0 spiro atoms. The molecule has 0 atom stereocenters. The number of anilines is 1. The second kappa shape index (κ2) is 10.4. The minimum atomic E-state index is -2.95. The highest BCUT2D eigenvalue weighted by Gasteiger charge is 2.26. The normalized spacial score (nSPS) is 18.3. The minimum Gasteiger partial charge on any atom is -0.364 e. The van der Waals surface area contributed by atoms with Crippen molar-refractivity contribution in [2.75, 3.05) is 16.8 Å². The third-order valence-corrected chi connectivity index (χ3v) is 9.02. The maximum absolute atomic E-state index is 13.3. The number of carbonyl (C=O) groups is 2. The number of carbonyl (C=O) groups excluding carboxylic acids is 2. The Balaban J connectivity index is 1.49. The SMILES string of the molecule is CCS(=O)(=O)CC1CCC(Cn2nc(C)c(NC(=O)c3cc(C(N)=O)nc4ccccc34)c2C)CC1. The number of aromatic nitrogens is 3. The van der Waals surface area contributed by atoms with Crippen molar-refractivity contribution >= 4 is 38.2 Å². The van der Waals surface area contributed by atoms with E-state index >= 15 is 0 Å². The summed E-state index contributed by atoms with van der Waals surface area (Å²) in [6.45, 7) is 6.20. The van der Waals surface area contributed by atoms with Gasteiger partial charge in [0.1, 0.15) is 15.5 Å². The quantitative estimate of drug-likeness (QED) is 0.474. The molecule has 2 amide bonds. The van der Waals surface area contributed by atoms with Crippen LogP contribution in [0.2, 0.25) is 0 Å². The van der Waals surface area contributed by atoms with E-state index in [-0.39, 0.29) is 29.0 Å². The number of nitrogens with zero attached hydrogens (tertiary/aromatic N) is 3. The molecule has 2 heterocycles. The Morgan fingerprint density at radius 1 is 1.11 bits per heavy atom. The fourth-order valence-corrected chi connectivity index (χ4v) is 6.32. The topological polar surface area (TPSA) is 137 Å². The predicted octanol–water partition coefficient (Wildman–Crippen LogP) is 3.64. The van der Waals surface area contributed by atoms with E-state index in [1.165, 1.54) is 6.07 Å². The third kappa shape index (κ3) is 5.59. The Labute approximate surface area is 211 Å². The van der Waals surface area contributed by atoms with Crippen LogP contribution in [0, 0.1) is 25.7 Å². The number of pyridine rings is 1. The largest absolute Gasteiger partial charge is 0.364 e. The highest BCUT2D eigenvalue weighted by Crippen LogP contribution is 2.32. The van der Waals surface area contributed by atoms with Crippen molar-refractivity contribution in [3.05, 3.63) is 53.0 Å². The molecule has 0 bridgehead atoms. The van der Waals surface area contributed by atoms with Crippen molar-refractivity contribution in [2.45, 2.75) is 53.0 Å². The van der Waals surface area contributed by atoms with E-state index in [1.807, 2.05) is 24.6 Å². The van der Waals surface area contributed by atoms with Crippen LogP contribution in [-0.4, -0.2) is 46.5 Å². The summed E-state index contributed by atoms with van der Waals surface area (Å²) >= 11 is 0. The maximum atomic E-state index is 13.3. The Bertz CT molecular complexity index is 1410.